The van der Waals surface area contributed by atoms with Crippen LogP contribution in [0.4, 0.5) is 0 Å². The number of halogens is 1. The quantitative estimate of drug-likeness (QED) is 0.864. The highest BCUT2D eigenvalue weighted by Gasteiger charge is 2.24. The van der Waals surface area contributed by atoms with Gasteiger partial charge in [0.25, 0.3) is 0 Å². The van der Waals surface area contributed by atoms with Crippen molar-refractivity contribution in [2.24, 2.45) is 5.73 Å². The molecule has 21 heavy (non-hydrogen) atoms. The third-order valence-electron chi connectivity index (χ3n) is 3.72. The number of rotatable bonds is 6. The Kier molecular flexibility index (Phi) is 5.91. The highest BCUT2D eigenvalue weighted by atomic mass is 79.9. The molecule has 0 spiro atoms. The van der Waals surface area contributed by atoms with Gasteiger partial charge in [-0.1, -0.05) is 47.1 Å². The lowest BCUT2D eigenvalue weighted by Crippen LogP contribution is -2.39. The molecule has 2 aromatic rings. The summed E-state index contributed by atoms with van der Waals surface area (Å²) in [5.74, 6) is 0. The van der Waals surface area contributed by atoms with Crippen molar-refractivity contribution in [1.29, 1.82) is 0 Å². The van der Waals surface area contributed by atoms with Crippen LogP contribution in [0.3, 0.4) is 0 Å². The van der Waals surface area contributed by atoms with Gasteiger partial charge in [0, 0.05) is 23.3 Å². The van der Waals surface area contributed by atoms with Crippen LogP contribution < -0.4 is 5.73 Å². The van der Waals surface area contributed by atoms with E-state index >= 15 is 0 Å². The highest BCUT2D eigenvalue weighted by Crippen LogP contribution is 2.26. The minimum Gasteiger partial charge on any atom is -0.326 e. The Morgan fingerprint density at radius 3 is 2.52 bits per heavy atom. The van der Waals surface area contributed by atoms with Crippen LogP contribution in [-0.4, -0.2) is 23.0 Å². The summed E-state index contributed by atoms with van der Waals surface area (Å²) in [5, 5.41) is 0. The van der Waals surface area contributed by atoms with E-state index in [2.05, 4.69) is 64.1 Å². The lowest BCUT2D eigenvalue weighted by atomic mass is 10.0. The summed E-state index contributed by atoms with van der Waals surface area (Å²) in [4.78, 5) is 6.77. The van der Waals surface area contributed by atoms with E-state index in [-0.39, 0.29) is 12.1 Å². The summed E-state index contributed by atoms with van der Waals surface area (Å²) >= 11 is 3.61. The topological polar surface area (TPSA) is 42.1 Å². The van der Waals surface area contributed by atoms with Crippen LogP contribution >= 0.6 is 15.9 Å². The van der Waals surface area contributed by atoms with E-state index in [1.807, 2.05) is 24.4 Å². The molecule has 0 aliphatic carbocycles. The number of likely N-dealkylation sites (N-methyl/N-ethyl adjacent to an activating group) is 1. The monoisotopic (exact) mass is 347 g/mol. The zero-order valence-corrected chi connectivity index (χ0v) is 14.1. The van der Waals surface area contributed by atoms with Crippen molar-refractivity contribution >= 4 is 15.9 Å². The van der Waals surface area contributed by atoms with Gasteiger partial charge in [-0.25, -0.2) is 0 Å². The van der Waals surface area contributed by atoms with E-state index in [0.29, 0.717) is 0 Å². The SMILES string of the molecule is CCC(N)C(c1ccccn1)N(C)Cc1ccccc1Br. The molecule has 3 nitrogen and oxygen atoms in total. The molecule has 0 fully saturated rings. The predicted octanol–water partition coefficient (Wildman–Crippen LogP) is 3.75. The van der Waals surface area contributed by atoms with Crippen LogP contribution in [0.2, 0.25) is 0 Å². The fraction of sp³-hybridized carbons (Fsp3) is 0.353. The van der Waals surface area contributed by atoms with Gasteiger partial charge in [-0.2, -0.15) is 0 Å². The third-order valence-corrected chi connectivity index (χ3v) is 4.49. The first-order valence-corrected chi connectivity index (χ1v) is 8.03. The Labute approximate surface area is 135 Å². The lowest BCUT2D eigenvalue weighted by molar-refractivity contribution is 0.197. The lowest BCUT2D eigenvalue weighted by Gasteiger charge is -2.32. The number of hydrogen-bond donors (Lipinski definition) is 1. The third kappa shape index (κ3) is 4.13. The average Bonchev–Trinajstić information content (AvgIpc) is 2.50. The van der Waals surface area contributed by atoms with Gasteiger partial charge in [-0.15, -0.1) is 0 Å². The molecule has 2 unspecified atom stereocenters. The van der Waals surface area contributed by atoms with Gasteiger partial charge in [-0.05, 0) is 37.2 Å². The van der Waals surface area contributed by atoms with Gasteiger partial charge in [-0.3, -0.25) is 9.88 Å². The Morgan fingerprint density at radius 1 is 1.19 bits per heavy atom. The van der Waals surface area contributed by atoms with E-state index in [4.69, 9.17) is 5.73 Å². The molecule has 1 aromatic carbocycles. The van der Waals surface area contributed by atoms with E-state index in [1.165, 1.54) is 5.56 Å². The second-order valence-corrected chi connectivity index (χ2v) is 6.13. The fourth-order valence-corrected chi connectivity index (χ4v) is 2.95. The van der Waals surface area contributed by atoms with E-state index in [1.54, 1.807) is 0 Å². The molecule has 1 aromatic heterocycles. The molecule has 4 heteroatoms. The first-order valence-electron chi connectivity index (χ1n) is 7.23. The molecule has 0 amide bonds. The summed E-state index contributed by atoms with van der Waals surface area (Å²) in [5.41, 5.74) is 8.63. The normalized spacial score (nSPS) is 14.1. The smallest absolute Gasteiger partial charge is 0.0674 e. The van der Waals surface area contributed by atoms with E-state index in [0.717, 1.165) is 23.1 Å². The summed E-state index contributed by atoms with van der Waals surface area (Å²) in [6.45, 7) is 2.95. The summed E-state index contributed by atoms with van der Waals surface area (Å²) in [6.07, 6.45) is 2.75. The number of nitrogens with zero attached hydrogens (tertiary/aromatic N) is 2. The Morgan fingerprint density at radius 2 is 1.90 bits per heavy atom. The molecule has 2 atom stereocenters. The zero-order valence-electron chi connectivity index (χ0n) is 12.5. The van der Waals surface area contributed by atoms with Crippen molar-refractivity contribution in [3.8, 4) is 0 Å². The second-order valence-electron chi connectivity index (χ2n) is 5.28. The van der Waals surface area contributed by atoms with Crippen LogP contribution in [0, 0.1) is 0 Å². The van der Waals surface area contributed by atoms with Crippen molar-refractivity contribution in [3.63, 3.8) is 0 Å². The molecule has 0 saturated heterocycles. The van der Waals surface area contributed by atoms with Crippen molar-refractivity contribution < 1.29 is 0 Å². The summed E-state index contributed by atoms with van der Waals surface area (Å²) in [6, 6.07) is 14.5. The molecular weight excluding hydrogens is 326 g/mol. The number of aromatic nitrogens is 1. The van der Waals surface area contributed by atoms with Crippen LogP contribution in [0.15, 0.2) is 53.1 Å². The Hall–Kier alpha value is -1.23. The largest absolute Gasteiger partial charge is 0.326 e. The Bertz CT molecular complexity index is 559. The maximum absolute atomic E-state index is 6.35. The van der Waals surface area contributed by atoms with Crippen LogP contribution in [0.25, 0.3) is 0 Å². The number of pyridine rings is 1. The Balaban J connectivity index is 2.23. The number of benzene rings is 1. The minimum atomic E-state index is 0.0624. The molecule has 0 aliphatic rings. The minimum absolute atomic E-state index is 0.0624. The second kappa shape index (κ2) is 7.69. The number of nitrogens with two attached hydrogens (primary N) is 1. The van der Waals surface area contributed by atoms with Gasteiger partial charge in [0.1, 0.15) is 0 Å². The van der Waals surface area contributed by atoms with E-state index in [9.17, 15) is 0 Å². The molecule has 0 saturated carbocycles. The standard InChI is InChI=1S/C17H22BrN3/c1-3-15(19)17(16-10-6-7-11-20-16)21(2)12-13-8-4-5-9-14(13)18/h4-11,15,17H,3,12,19H2,1-2H3. The van der Waals surface area contributed by atoms with Crippen molar-refractivity contribution in [1.82, 2.24) is 9.88 Å². The van der Waals surface area contributed by atoms with Crippen LogP contribution in [0.1, 0.15) is 30.6 Å². The van der Waals surface area contributed by atoms with Gasteiger partial charge in [0.15, 0.2) is 0 Å². The van der Waals surface area contributed by atoms with Gasteiger partial charge in [0.05, 0.1) is 11.7 Å². The molecule has 112 valence electrons. The van der Waals surface area contributed by atoms with Crippen molar-refractivity contribution in [2.45, 2.75) is 32.0 Å². The number of hydrogen-bond acceptors (Lipinski definition) is 3. The molecule has 1 heterocycles. The van der Waals surface area contributed by atoms with Gasteiger partial charge in [0.2, 0.25) is 0 Å². The predicted molar refractivity (Wildman–Crippen MR) is 90.9 cm³/mol. The van der Waals surface area contributed by atoms with Gasteiger partial charge < -0.3 is 5.73 Å². The van der Waals surface area contributed by atoms with Crippen molar-refractivity contribution in [3.05, 3.63) is 64.4 Å². The van der Waals surface area contributed by atoms with E-state index < -0.39 is 0 Å². The molecule has 2 N–H and O–H groups in total. The molecule has 0 aliphatic heterocycles. The van der Waals surface area contributed by atoms with Crippen LogP contribution in [-0.2, 0) is 6.54 Å². The van der Waals surface area contributed by atoms with Crippen molar-refractivity contribution in [2.75, 3.05) is 7.05 Å². The first-order chi connectivity index (χ1) is 10.1. The maximum atomic E-state index is 6.35. The summed E-state index contributed by atoms with van der Waals surface area (Å²) in [7, 11) is 2.11. The van der Waals surface area contributed by atoms with Gasteiger partial charge >= 0.3 is 0 Å². The maximum Gasteiger partial charge on any atom is 0.0674 e. The zero-order chi connectivity index (χ0) is 15.2. The summed E-state index contributed by atoms with van der Waals surface area (Å²) < 4.78 is 1.13. The first kappa shape index (κ1) is 16.1. The highest BCUT2D eigenvalue weighted by molar-refractivity contribution is 9.10. The molecule has 2 rings (SSSR count). The molecule has 0 radical (unpaired) electrons. The fourth-order valence-electron chi connectivity index (χ4n) is 2.54. The molecular formula is C17H22BrN3. The average molecular weight is 348 g/mol. The van der Waals surface area contributed by atoms with Crippen LogP contribution in [0.5, 0.6) is 0 Å². The molecule has 0 bridgehead atoms.